The standard InChI is InChI=1S/C17H15BrO/c1-2-13-6-8-14(9-7-13)10-11-17(19)15-4-3-5-16(18)12-15/h3-12H,2H2,1H3/b11-10+. The van der Waals surface area contributed by atoms with E-state index < -0.39 is 0 Å². The number of hydrogen-bond acceptors (Lipinski definition) is 1. The highest BCUT2D eigenvalue weighted by atomic mass is 79.9. The molecule has 0 saturated carbocycles. The summed E-state index contributed by atoms with van der Waals surface area (Å²) in [4.78, 5) is 12.0. The highest BCUT2D eigenvalue weighted by molar-refractivity contribution is 9.10. The van der Waals surface area contributed by atoms with Crippen LogP contribution in [-0.4, -0.2) is 5.78 Å². The second-order valence-electron chi connectivity index (χ2n) is 4.30. The van der Waals surface area contributed by atoms with Crippen molar-refractivity contribution < 1.29 is 4.79 Å². The molecule has 0 unspecified atom stereocenters. The molecule has 0 radical (unpaired) electrons. The summed E-state index contributed by atoms with van der Waals surface area (Å²) in [6.07, 6.45) is 4.49. The van der Waals surface area contributed by atoms with Gasteiger partial charge in [0.05, 0.1) is 0 Å². The molecule has 0 amide bonds. The quantitative estimate of drug-likeness (QED) is 0.579. The summed E-state index contributed by atoms with van der Waals surface area (Å²) in [7, 11) is 0. The fourth-order valence-electron chi connectivity index (χ4n) is 1.77. The summed E-state index contributed by atoms with van der Waals surface area (Å²) in [5, 5.41) is 0. The molecule has 19 heavy (non-hydrogen) atoms. The topological polar surface area (TPSA) is 17.1 Å². The van der Waals surface area contributed by atoms with Gasteiger partial charge in [-0.2, -0.15) is 0 Å². The van der Waals surface area contributed by atoms with Crippen LogP contribution in [0.2, 0.25) is 0 Å². The van der Waals surface area contributed by atoms with Crippen molar-refractivity contribution in [2.24, 2.45) is 0 Å². The summed E-state index contributed by atoms with van der Waals surface area (Å²) < 4.78 is 0.916. The first-order valence-corrected chi connectivity index (χ1v) is 7.05. The van der Waals surface area contributed by atoms with Crippen LogP contribution in [0, 0.1) is 0 Å². The molecule has 0 fully saturated rings. The fraction of sp³-hybridized carbons (Fsp3) is 0.118. The number of rotatable bonds is 4. The zero-order chi connectivity index (χ0) is 13.7. The van der Waals surface area contributed by atoms with Crippen LogP contribution in [0.5, 0.6) is 0 Å². The minimum absolute atomic E-state index is 0.0147. The summed E-state index contributed by atoms with van der Waals surface area (Å²) in [5.74, 6) is 0.0147. The fourth-order valence-corrected chi connectivity index (χ4v) is 2.17. The Morgan fingerprint density at radius 3 is 2.53 bits per heavy atom. The molecule has 0 aliphatic rings. The molecule has 0 aliphatic carbocycles. The van der Waals surface area contributed by atoms with E-state index in [-0.39, 0.29) is 5.78 Å². The molecule has 2 aromatic carbocycles. The van der Waals surface area contributed by atoms with Gasteiger partial charge in [-0.25, -0.2) is 0 Å². The van der Waals surface area contributed by atoms with Crippen LogP contribution in [-0.2, 0) is 6.42 Å². The SMILES string of the molecule is CCc1ccc(/C=C/C(=O)c2cccc(Br)c2)cc1. The molecular formula is C17H15BrO. The number of allylic oxidation sites excluding steroid dienone is 1. The zero-order valence-corrected chi connectivity index (χ0v) is 12.4. The second-order valence-corrected chi connectivity index (χ2v) is 5.22. The second kappa shape index (κ2) is 6.48. The van der Waals surface area contributed by atoms with E-state index in [1.807, 2.05) is 42.5 Å². The average Bonchev–Trinajstić information content (AvgIpc) is 2.45. The molecule has 0 aromatic heterocycles. The Bertz CT molecular complexity index is 597. The number of aryl methyl sites for hydroxylation is 1. The summed E-state index contributed by atoms with van der Waals surface area (Å²) >= 11 is 3.37. The monoisotopic (exact) mass is 314 g/mol. The lowest BCUT2D eigenvalue weighted by molar-refractivity contribution is 0.104. The first-order valence-electron chi connectivity index (χ1n) is 6.26. The Balaban J connectivity index is 2.11. The Kier molecular flexibility index (Phi) is 4.69. The highest BCUT2D eigenvalue weighted by Crippen LogP contribution is 2.13. The summed E-state index contributed by atoms with van der Waals surface area (Å²) in [6, 6.07) is 15.6. The van der Waals surface area contributed by atoms with Crippen molar-refractivity contribution in [1.82, 2.24) is 0 Å². The maximum Gasteiger partial charge on any atom is 0.185 e. The number of carbonyl (C=O) groups is 1. The van der Waals surface area contributed by atoms with Gasteiger partial charge in [-0.1, -0.05) is 65.3 Å². The van der Waals surface area contributed by atoms with Crippen LogP contribution in [0.1, 0.15) is 28.4 Å². The normalized spacial score (nSPS) is 10.8. The van der Waals surface area contributed by atoms with E-state index in [2.05, 4.69) is 35.0 Å². The molecule has 0 N–H and O–H groups in total. The molecule has 2 heteroatoms. The Morgan fingerprint density at radius 1 is 1.16 bits per heavy atom. The molecule has 1 nitrogen and oxygen atoms in total. The van der Waals surface area contributed by atoms with E-state index in [4.69, 9.17) is 0 Å². The van der Waals surface area contributed by atoms with Crippen molar-refractivity contribution in [1.29, 1.82) is 0 Å². The molecule has 2 rings (SSSR count). The third-order valence-electron chi connectivity index (χ3n) is 2.92. The van der Waals surface area contributed by atoms with Crippen LogP contribution in [0.4, 0.5) is 0 Å². The summed E-state index contributed by atoms with van der Waals surface area (Å²) in [5.41, 5.74) is 3.03. The third kappa shape index (κ3) is 3.90. The van der Waals surface area contributed by atoms with Gasteiger partial charge in [0.15, 0.2) is 5.78 Å². The van der Waals surface area contributed by atoms with Crippen molar-refractivity contribution in [3.05, 3.63) is 75.8 Å². The van der Waals surface area contributed by atoms with Crippen LogP contribution in [0.15, 0.2) is 59.1 Å². The minimum Gasteiger partial charge on any atom is -0.289 e. The number of hydrogen-bond donors (Lipinski definition) is 0. The van der Waals surface area contributed by atoms with Crippen molar-refractivity contribution in [2.45, 2.75) is 13.3 Å². The largest absolute Gasteiger partial charge is 0.289 e. The lowest BCUT2D eigenvalue weighted by Crippen LogP contribution is -1.93. The lowest BCUT2D eigenvalue weighted by atomic mass is 10.1. The van der Waals surface area contributed by atoms with E-state index in [1.54, 1.807) is 6.08 Å². The van der Waals surface area contributed by atoms with Gasteiger partial charge in [-0.3, -0.25) is 4.79 Å². The van der Waals surface area contributed by atoms with Gasteiger partial charge < -0.3 is 0 Å². The number of carbonyl (C=O) groups excluding carboxylic acids is 1. The number of halogens is 1. The van der Waals surface area contributed by atoms with Crippen LogP contribution < -0.4 is 0 Å². The van der Waals surface area contributed by atoms with Crippen molar-refractivity contribution in [3.8, 4) is 0 Å². The molecule has 96 valence electrons. The molecule has 0 spiro atoms. The van der Waals surface area contributed by atoms with Gasteiger partial charge in [0.2, 0.25) is 0 Å². The zero-order valence-electron chi connectivity index (χ0n) is 10.8. The first-order chi connectivity index (χ1) is 9.19. The Labute approximate surface area is 122 Å². The van der Waals surface area contributed by atoms with E-state index in [0.29, 0.717) is 5.56 Å². The van der Waals surface area contributed by atoms with Crippen LogP contribution in [0.3, 0.4) is 0 Å². The average molecular weight is 315 g/mol. The van der Waals surface area contributed by atoms with Gasteiger partial charge in [0, 0.05) is 10.0 Å². The molecule has 0 aliphatic heterocycles. The summed E-state index contributed by atoms with van der Waals surface area (Å²) in [6.45, 7) is 2.13. The maximum absolute atomic E-state index is 12.0. The lowest BCUT2D eigenvalue weighted by Gasteiger charge is -1.98. The van der Waals surface area contributed by atoms with Crippen molar-refractivity contribution >= 4 is 27.8 Å². The van der Waals surface area contributed by atoms with Crippen molar-refractivity contribution in [3.63, 3.8) is 0 Å². The number of benzene rings is 2. The Morgan fingerprint density at radius 2 is 1.89 bits per heavy atom. The molecule has 0 bridgehead atoms. The van der Waals surface area contributed by atoms with Gasteiger partial charge in [-0.15, -0.1) is 0 Å². The van der Waals surface area contributed by atoms with Gasteiger partial charge in [-0.05, 0) is 35.8 Å². The van der Waals surface area contributed by atoms with Gasteiger partial charge >= 0.3 is 0 Å². The molecule has 0 atom stereocenters. The highest BCUT2D eigenvalue weighted by Gasteiger charge is 2.01. The van der Waals surface area contributed by atoms with E-state index >= 15 is 0 Å². The van der Waals surface area contributed by atoms with Gasteiger partial charge in [0.1, 0.15) is 0 Å². The Hall–Kier alpha value is -1.67. The minimum atomic E-state index is 0.0147. The number of ketones is 1. The van der Waals surface area contributed by atoms with E-state index in [0.717, 1.165) is 16.5 Å². The van der Waals surface area contributed by atoms with Crippen LogP contribution >= 0.6 is 15.9 Å². The maximum atomic E-state index is 12.0. The predicted molar refractivity (Wildman–Crippen MR) is 83.3 cm³/mol. The molecular weight excluding hydrogens is 300 g/mol. The smallest absolute Gasteiger partial charge is 0.185 e. The third-order valence-corrected chi connectivity index (χ3v) is 3.42. The molecule has 0 saturated heterocycles. The molecule has 0 heterocycles. The van der Waals surface area contributed by atoms with Crippen LogP contribution in [0.25, 0.3) is 6.08 Å². The van der Waals surface area contributed by atoms with Crippen molar-refractivity contribution in [2.75, 3.05) is 0 Å². The van der Waals surface area contributed by atoms with Gasteiger partial charge in [0.25, 0.3) is 0 Å². The predicted octanol–water partition coefficient (Wildman–Crippen LogP) is 4.91. The first kappa shape index (κ1) is 13.8. The van der Waals surface area contributed by atoms with E-state index in [1.165, 1.54) is 5.56 Å². The van der Waals surface area contributed by atoms with E-state index in [9.17, 15) is 4.79 Å². The molecule has 2 aromatic rings.